The molecular weight excluding hydrogens is 472 g/mol. The number of rotatable bonds is 5. The van der Waals surface area contributed by atoms with Gasteiger partial charge in [-0.2, -0.15) is 5.10 Å². The van der Waals surface area contributed by atoms with Crippen molar-refractivity contribution in [3.63, 3.8) is 0 Å². The molecule has 2 aromatic carbocycles. The Morgan fingerprint density at radius 1 is 1.03 bits per heavy atom. The molecule has 1 aliphatic rings. The Hall–Kier alpha value is -3.56. The SMILES string of the molecule is O=C(Nc1nncs1)C1CCN(C(=O)c2cc(-c3ccc(Cl)cc3)nn2-c2ccccc2)CC1. The summed E-state index contributed by atoms with van der Waals surface area (Å²) in [7, 11) is 0. The van der Waals surface area contributed by atoms with Crippen molar-refractivity contribution >= 4 is 39.9 Å². The minimum atomic E-state index is -0.170. The van der Waals surface area contributed by atoms with Crippen molar-refractivity contribution in [2.75, 3.05) is 18.4 Å². The van der Waals surface area contributed by atoms with Crippen LogP contribution in [0.3, 0.4) is 0 Å². The van der Waals surface area contributed by atoms with Gasteiger partial charge in [-0.1, -0.05) is 53.3 Å². The second-order valence-corrected chi connectivity index (χ2v) is 9.24. The average molecular weight is 493 g/mol. The Bertz CT molecular complexity index is 1280. The van der Waals surface area contributed by atoms with Crippen LogP contribution in [0.25, 0.3) is 16.9 Å². The van der Waals surface area contributed by atoms with Crippen molar-refractivity contribution in [3.8, 4) is 16.9 Å². The number of piperidine rings is 1. The fraction of sp³-hybridized carbons (Fsp3) is 0.208. The van der Waals surface area contributed by atoms with Gasteiger partial charge < -0.3 is 10.2 Å². The van der Waals surface area contributed by atoms with E-state index in [9.17, 15) is 9.59 Å². The zero-order valence-corrected chi connectivity index (χ0v) is 19.7. The normalized spacial score (nSPS) is 14.2. The number of carbonyl (C=O) groups is 2. The van der Waals surface area contributed by atoms with Crippen LogP contribution in [-0.2, 0) is 4.79 Å². The third-order valence-electron chi connectivity index (χ3n) is 5.81. The van der Waals surface area contributed by atoms with Crippen molar-refractivity contribution < 1.29 is 9.59 Å². The maximum Gasteiger partial charge on any atom is 0.272 e. The minimum absolute atomic E-state index is 0.0804. The van der Waals surface area contributed by atoms with Gasteiger partial charge in [0.15, 0.2) is 0 Å². The van der Waals surface area contributed by atoms with Gasteiger partial charge in [-0.3, -0.25) is 9.59 Å². The molecule has 1 aliphatic heterocycles. The van der Waals surface area contributed by atoms with Crippen LogP contribution >= 0.6 is 22.9 Å². The third kappa shape index (κ3) is 4.71. The number of nitrogens with zero attached hydrogens (tertiary/aromatic N) is 5. The van der Waals surface area contributed by atoms with Crippen LogP contribution in [0.4, 0.5) is 5.13 Å². The topological polar surface area (TPSA) is 93.0 Å². The highest BCUT2D eigenvalue weighted by atomic mass is 35.5. The molecule has 34 heavy (non-hydrogen) atoms. The smallest absolute Gasteiger partial charge is 0.272 e. The summed E-state index contributed by atoms with van der Waals surface area (Å²) < 4.78 is 1.68. The highest BCUT2D eigenvalue weighted by Crippen LogP contribution is 2.26. The molecule has 3 heterocycles. The Labute approximate surface area is 205 Å². The molecule has 0 aliphatic carbocycles. The Balaban J connectivity index is 1.36. The molecule has 0 bridgehead atoms. The Kier molecular flexibility index (Phi) is 6.37. The maximum absolute atomic E-state index is 13.6. The first-order valence-electron chi connectivity index (χ1n) is 10.9. The van der Waals surface area contributed by atoms with E-state index in [-0.39, 0.29) is 17.7 Å². The number of likely N-dealkylation sites (tertiary alicyclic amines) is 1. The van der Waals surface area contributed by atoms with E-state index < -0.39 is 0 Å². The van der Waals surface area contributed by atoms with Crippen LogP contribution < -0.4 is 5.32 Å². The predicted molar refractivity (Wildman–Crippen MR) is 131 cm³/mol. The molecule has 1 saturated heterocycles. The predicted octanol–water partition coefficient (Wildman–Crippen LogP) is 4.54. The number of para-hydroxylation sites is 1. The van der Waals surface area contributed by atoms with E-state index in [1.807, 2.05) is 48.5 Å². The highest BCUT2D eigenvalue weighted by Gasteiger charge is 2.30. The lowest BCUT2D eigenvalue weighted by Crippen LogP contribution is -2.42. The molecule has 0 spiro atoms. The number of hydrogen-bond donors (Lipinski definition) is 1. The maximum atomic E-state index is 13.6. The molecular formula is C24H21ClN6O2S. The average Bonchev–Trinajstić information content (AvgIpc) is 3.55. The number of amides is 2. The molecule has 10 heteroatoms. The largest absolute Gasteiger partial charge is 0.337 e. The molecule has 4 aromatic rings. The van der Waals surface area contributed by atoms with Gasteiger partial charge in [0, 0.05) is 29.6 Å². The number of halogens is 1. The van der Waals surface area contributed by atoms with Crippen LogP contribution in [-0.4, -0.2) is 49.8 Å². The Morgan fingerprint density at radius 3 is 2.44 bits per heavy atom. The standard InChI is InChI=1S/C24H21ClN6O2S/c25-18-8-6-16(7-9-18)20-14-21(31(29-20)19-4-2-1-3-5-19)23(33)30-12-10-17(11-13-30)22(32)27-24-28-26-15-34-24/h1-9,14-15,17H,10-13H2,(H,27,28,32). The number of anilines is 1. The van der Waals surface area contributed by atoms with Gasteiger partial charge in [0.2, 0.25) is 11.0 Å². The van der Waals surface area contributed by atoms with Gasteiger partial charge in [-0.25, -0.2) is 4.68 Å². The second-order valence-electron chi connectivity index (χ2n) is 7.97. The van der Waals surface area contributed by atoms with E-state index in [0.29, 0.717) is 47.5 Å². The summed E-state index contributed by atoms with van der Waals surface area (Å²) >= 11 is 7.32. The van der Waals surface area contributed by atoms with E-state index in [0.717, 1.165) is 11.3 Å². The van der Waals surface area contributed by atoms with Crippen LogP contribution in [0.1, 0.15) is 23.3 Å². The zero-order valence-electron chi connectivity index (χ0n) is 18.1. The number of carbonyl (C=O) groups excluding carboxylic acids is 2. The fourth-order valence-corrected chi connectivity index (χ4v) is 4.58. The molecule has 1 N–H and O–H groups in total. The molecule has 172 valence electrons. The lowest BCUT2D eigenvalue weighted by Gasteiger charge is -2.31. The molecule has 0 radical (unpaired) electrons. The van der Waals surface area contributed by atoms with Crippen LogP contribution in [0.15, 0.2) is 66.2 Å². The van der Waals surface area contributed by atoms with E-state index in [1.54, 1.807) is 27.2 Å². The second kappa shape index (κ2) is 9.74. The zero-order chi connectivity index (χ0) is 23.5. The first-order valence-corrected chi connectivity index (χ1v) is 12.1. The van der Waals surface area contributed by atoms with Gasteiger partial charge in [-0.05, 0) is 43.2 Å². The summed E-state index contributed by atoms with van der Waals surface area (Å²) in [5.74, 6) is -0.362. The van der Waals surface area contributed by atoms with Gasteiger partial charge in [0.25, 0.3) is 5.91 Å². The molecule has 8 nitrogen and oxygen atoms in total. The van der Waals surface area contributed by atoms with Crippen LogP contribution in [0.5, 0.6) is 0 Å². The van der Waals surface area contributed by atoms with Crippen molar-refractivity contribution in [2.24, 2.45) is 5.92 Å². The summed E-state index contributed by atoms with van der Waals surface area (Å²) in [5, 5.41) is 16.3. The highest BCUT2D eigenvalue weighted by molar-refractivity contribution is 7.13. The lowest BCUT2D eigenvalue weighted by atomic mass is 9.95. The molecule has 1 fully saturated rings. The van der Waals surface area contributed by atoms with Crippen molar-refractivity contribution in [3.05, 3.63) is 76.9 Å². The quantitative estimate of drug-likeness (QED) is 0.441. The van der Waals surface area contributed by atoms with E-state index >= 15 is 0 Å². The summed E-state index contributed by atoms with van der Waals surface area (Å²) in [6.07, 6.45) is 1.17. The first-order chi connectivity index (χ1) is 16.6. The van der Waals surface area contributed by atoms with Crippen molar-refractivity contribution in [1.29, 1.82) is 0 Å². The molecule has 2 aromatic heterocycles. The number of benzene rings is 2. The summed E-state index contributed by atoms with van der Waals surface area (Å²) in [6, 6.07) is 18.8. The number of hydrogen-bond acceptors (Lipinski definition) is 6. The summed E-state index contributed by atoms with van der Waals surface area (Å²) in [5.41, 5.74) is 4.42. The fourth-order valence-electron chi connectivity index (χ4n) is 4.00. The Morgan fingerprint density at radius 2 is 1.76 bits per heavy atom. The van der Waals surface area contributed by atoms with Crippen molar-refractivity contribution in [2.45, 2.75) is 12.8 Å². The van der Waals surface area contributed by atoms with Crippen LogP contribution in [0.2, 0.25) is 5.02 Å². The molecule has 2 amide bonds. The summed E-state index contributed by atoms with van der Waals surface area (Å²) in [6.45, 7) is 0.979. The molecule has 0 saturated carbocycles. The lowest BCUT2D eigenvalue weighted by molar-refractivity contribution is -0.121. The van der Waals surface area contributed by atoms with Gasteiger partial charge in [0.1, 0.15) is 11.2 Å². The van der Waals surface area contributed by atoms with E-state index in [2.05, 4.69) is 15.5 Å². The first kappa shape index (κ1) is 22.2. The number of aromatic nitrogens is 4. The van der Waals surface area contributed by atoms with E-state index in [4.69, 9.17) is 16.7 Å². The van der Waals surface area contributed by atoms with E-state index in [1.165, 1.54) is 11.3 Å². The van der Waals surface area contributed by atoms with Crippen molar-refractivity contribution in [1.82, 2.24) is 24.9 Å². The minimum Gasteiger partial charge on any atom is -0.337 e. The van der Waals surface area contributed by atoms with Gasteiger partial charge in [0.05, 0.1) is 11.4 Å². The number of nitrogens with one attached hydrogen (secondary N) is 1. The molecule has 0 atom stereocenters. The third-order valence-corrected chi connectivity index (χ3v) is 6.67. The van der Waals surface area contributed by atoms with Crippen LogP contribution in [0, 0.1) is 5.92 Å². The molecule has 0 unspecified atom stereocenters. The monoisotopic (exact) mass is 492 g/mol. The van der Waals surface area contributed by atoms with Gasteiger partial charge >= 0.3 is 0 Å². The summed E-state index contributed by atoms with van der Waals surface area (Å²) in [4.78, 5) is 27.9. The van der Waals surface area contributed by atoms with Gasteiger partial charge in [-0.15, -0.1) is 10.2 Å². The molecule has 5 rings (SSSR count).